The normalized spacial score (nSPS) is 19.9. The molecule has 1 aromatic rings. The summed E-state index contributed by atoms with van der Waals surface area (Å²) in [6.45, 7) is 1.22. The first-order chi connectivity index (χ1) is 8.63. The Labute approximate surface area is 105 Å². The van der Waals surface area contributed by atoms with E-state index in [1.165, 1.54) is 6.26 Å². The minimum Gasteiger partial charge on any atom is -0.475 e. The van der Waals surface area contributed by atoms with E-state index in [4.69, 9.17) is 9.52 Å². The fourth-order valence-corrected chi connectivity index (χ4v) is 2.35. The second kappa shape index (κ2) is 5.22. The molecule has 1 atom stereocenters. The van der Waals surface area contributed by atoms with Crippen LogP contribution in [0.5, 0.6) is 0 Å². The van der Waals surface area contributed by atoms with Gasteiger partial charge in [-0.05, 0) is 25.5 Å². The van der Waals surface area contributed by atoms with Gasteiger partial charge in [0.25, 0.3) is 0 Å². The molecule has 0 radical (unpaired) electrons. The van der Waals surface area contributed by atoms with Crippen LogP contribution in [0.25, 0.3) is 0 Å². The maximum absolute atomic E-state index is 11.7. The number of carboxylic acid groups (broad SMARTS) is 1. The van der Waals surface area contributed by atoms with Crippen LogP contribution in [0.2, 0.25) is 0 Å². The SMILES string of the molecule is CNC(=O)C1CCCN1Cc1ccoc1C(=O)O. The predicted molar refractivity (Wildman–Crippen MR) is 63.2 cm³/mol. The summed E-state index contributed by atoms with van der Waals surface area (Å²) in [4.78, 5) is 24.6. The van der Waals surface area contributed by atoms with E-state index in [1.807, 2.05) is 4.90 Å². The molecule has 1 unspecified atom stereocenters. The monoisotopic (exact) mass is 252 g/mol. The van der Waals surface area contributed by atoms with Crippen molar-refractivity contribution in [1.29, 1.82) is 0 Å². The van der Waals surface area contributed by atoms with Gasteiger partial charge >= 0.3 is 5.97 Å². The van der Waals surface area contributed by atoms with Crippen LogP contribution in [0, 0.1) is 0 Å². The van der Waals surface area contributed by atoms with E-state index in [9.17, 15) is 9.59 Å². The lowest BCUT2D eigenvalue weighted by Crippen LogP contribution is -2.41. The van der Waals surface area contributed by atoms with Gasteiger partial charge in [0.15, 0.2) is 0 Å². The minimum absolute atomic E-state index is 0.0205. The number of rotatable bonds is 4. The summed E-state index contributed by atoms with van der Waals surface area (Å²) in [5, 5.41) is 11.6. The van der Waals surface area contributed by atoms with Crippen molar-refractivity contribution in [1.82, 2.24) is 10.2 Å². The zero-order valence-corrected chi connectivity index (χ0v) is 10.2. The van der Waals surface area contributed by atoms with Gasteiger partial charge in [-0.3, -0.25) is 9.69 Å². The molecular formula is C12H16N2O4. The third-order valence-electron chi connectivity index (χ3n) is 3.23. The molecule has 0 spiro atoms. The lowest BCUT2D eigenvalue weighted by molar-refractivity contribution is -0.125. The average Bonchev–Trinajstić information content (AvgIpc) is 2.97. The second-order valence-corrected chi connectivity index (χ2v) is 4.32. The second-order valence-electron chi connectivity index (χ2n) is 4.32. The van der Waals surface area contributed by atoms with Crippen molar-refractivity contribution in [2.75, 3.05) is 13.6 Å². The molecule has 2 N–H and O–H groups in total. The summed E-state index contributed by atoms with van der Waals surface area (Å²) >= 11 is 0. The molecule has 6 heteroatoms. The molecule has 1 aliphatic heterocycles. The van der Waals surface area contributed by atoms with E-state index in [-0.39, 0.29) is 17.7 Å². The quantitative estimate of drug-likeness (QED) is 0.823. The van der Waals surface area contributed by atoms with E-state index in [0.29, 0.717) is 12.1 Å². The molecule has 1 saturated heterocycles. The van der Waals surface area contributed by atoms with E-state index in [0.717, 1.165) is 19.4 Å². The van der Waals surface area contributed by atoms with Crippen molar-refractivity contribution >= 4 is 11.9 Å². The highest BCUT2D eigenvalue weighted by molar-refractivity contribution is 5.86. The van der Waals surface area contributed by atoms with Crippen LogP contribution in [-0.2, 0) is 11.3 Å². The Morgan fingerprint density at radius 3 is 3.06 bits per heavy atom. The summed E-state index contributed by atoms with van der Waals surface area (Å²) in [5.41, 5.74) is 0.610. The van der Waals surface area contributed by atoms with E-state index in [2.05, 4.69) is 5.32 Å². The molecule has 1 aromatic heterocycles. The van der Waals surface area contributed by atoms with Crippen LogP contribution in [-0.4, -0.2) is 41.5 Å². The van der Waals surface area contributed by atoms with Crippen LogP contribution in [0.4, 0.5) is 0 Å². The van der Waals surface area contributed by atoms with E-state index >= 15 is 0 Å². The number of nitrogens with zero attached hydrogens (tertiary/aromatic N) is 1. The third kappa shape index (κ3) is 2.38. The predicted octanol–water partition coefficient (Wildman–Crippen LogP) is 0.688. The first kappa shape index (κ1) is 12.6. The van der Waals surface area contributed by atoms with Crippen LogP contribution < -0.4 is 5.32 Å². The standard InChI is InChI=1S/C12H16N2O4/c1-13-11(15)9-3-2-5-14(9)7-8-4-6-18-10(8)12(16)17/h4,6,9H,2-3,5,7H2,1H3,(H,13,15)(H,16,17). The van der Waals surface area contributed by atoms with Crippen molar-refractivity contribution in [2.45, 2.75) is 25.4 Å². The minimum atomic E-state index is -1.08. The van der Waals surface area contributed by atoms with Gasteiger partial charge in [0.2, 0.25) is 11.7 Å². The molecule has 98 valence electrons. The van der Waals surface area contributed by atoms with Gasteiger partial charge < -0.3 is 14.8 Å². The van der Waals surface area contributed by atoms with Gasteiger partial charge in [-0.1, -0.05) is 0 Å². The Kier molecular flexibility index (Phi) is 3.66. The highest BCUT2D eigenvalue weighted by atomic mass is 16.4. The van der Waals surface area contributed by atoms with Crippen molar-refractivity contribution in [3.8, 4) is 0 Å². The number of amides is 1. The number of nitrogens with one attached hydrogen (secondary N) is 1. The topological polar surface area (TPSA) is 82.8 Å². The Morgan fingerprint density at radius 2 is 2.39 bits per heavy atom. The maximum atomic E-state index is 11.7. The molecule has 0 aliphatic carbocycles. The van der Waals surface area contributed by atoms with Crippen LogP contribution in [0.3, 0.4) is 0 Å². The van der Waals surface area contributed by atoms with Gasteiger partial charge in [0.1, 0.15) is 0 Å². The molecule has 1 amide bonds. The number of carbonyl (C=O) groups is 2. The molecule has 6 nitrogen and oxygen atoms in total. The first-order valence-corrected chi connectivity index (χ1v) is 5.88. The van der Waals surface area contributed by atoms with Crippen LogP contribution in [0.15, 0.2) is 16.7 Å². The van der Waals surface area contributed by atoms with Gasteiger partial charge in [0, 0.05) is 19.2 Å². The molecule has 2 rings (SSSR count). The first-order valence-electron chi connectivity index (χ1n) is 5.88. The lowest BCUT2D eigenvalue weighted by Gasteiger charge is -2.22. The molecule has 18 heavy (non-hydrogen) atoms. The summed E-state index contributed by atoms with van der Waals surface area (Å²) in [5.74, 6) is -1.14. The van der Waals surface area contributed by atoms with Crippen LogP contribution in [0.1, 0.15) is 29.0 Å². The Bertz CT molecular complexity index is 455. The number of carboxylic acids is 1. The summed E-state index contributed by atoms with van der Waals surface area (Å²) in [7, 11) is 1.61. The molecule has 0 aromatic carbocycles. The number of carbonyl (C=O) groups excluding carboxylic acids is 1. The zero-order chi connectivity index (χ0) is 13.1. The smallest absolute Gasteiger partial charge is 0.372 e. The Morgan fingerprint density at radius 1 is 1.61 bits per heavy atom. The Hall–Kier alpha value is -1.82. The molecule has 2 heterocycles. The molecule has 0 bridgehead atoms. The molecular weight excluding hydrogens is 236 g/mol. The maximum Gasteiger partial charge on any atom is 0.372 e. The van der Waals surface area contributed by atoms with Gasteiger partial charge in [-0.15, -0.1) is 0 Å². The fourth-order valence-electron chi connectivity index (χ4n) is 2.35. The van der Waals surface area contributed by atoms with Gasteiger partial charge in [0.05, 0.1) is 12.3 Å². The summed E-state index contributed by atoms with van der Waals surface area (Å²) in [6.07, 6.45) is 3.11. The fraction of sp³-hybridized carbons (Fsp3) is 0.500. The van der Waals surface area contributed by atoms with Crippen LogP contribution >= 0.6 is 0 Å². The third-order valence-corrected chi connectivity index (χ3v) is 3.23. The number of likely N-dealkylation sites (N-methyl/N-ethyl adjacent to an activating group) is 1. The average molecular weight is 252 g/mol. The molecule has 1 aliphatic rings. The summed E-state index contributed by atoms with van der Waals surface area (Å²) < 4.78 is 4.93. The van der Waals surface area contributed by atoms with E-state index < -0.39 is 5.97 Å². The lowest BCUT2D eigenvalue weighted by atomic mass is 10.2. The largest absolute Gasteiger partial charge is 0.475 e. The Balaban J connectivity index is 2.10. The highest BCUT2D eigenvalue weighted by Gasteiger charge is 2.31. The number of furan rings is 1. The zero-order valence-electron chi connectivity index (χ0n) is 10.2. The van der Waals surface area contributed by atoms with Crippen molar-refractivity contribution in [3.05, 3.63) is 23.7 Å². The van der Waals surface area contributed by atoms with Gasteiger partial charge in [-0.2, -0.15) is 0 Å². The highest BCUT2D eigenvalue weighted by Crippen LogP contribution is 2.22. The van der Waals surface area contributed by atoms with Crippen molar-refractivity contribution in [2.24, 2.45) is 0 Å². The summed E-state index contributed by atoms with van der Waals surface area (Å²) in [6, 6.07) is 1.47. The van der Waals surface area contributed by atoms with E-state index in [1.54, 1.807) is 13.1 Å². The van der Waals surface area contributed by atoms with Gasteiger partial charge in [-0.25, -0.2) is 4.79 Å². The van der Waals surface area contributed by atoms with Crippen molar-refractivity contribution < 1.29 is 19.1 Å². The number of hydrogen-bond acceptors (Lipinski definition) is 4. The number of aromatic carboxylic acids is 1. The van der Waals surface area contributed by atoms with Crippen molar-refractivity contribution in [3.63, 3.8) is 0 Å². The number of hydrogen-bond donors (Lipinski definition) is 2. The molecule has 1 fully saturated rings. The number of likely N-dealkylation sites (tertiary alicyclic amines) is 1. The molecule has 0 saturated carbocycles.